The maximum atomic E-state index is 13.0. The Morgan fingerprint density at radius 3 is 2.56 bits per heavy atom. The molecule has 2 heterocycles. The molecule has 1 atom stereocenters. The molecule has 2 aromatic rings. The predicted octanol–water partition coefficient (Wildman–Crippen LogP) is 3.99. The van der Waals surface area contributed by atoms with Crippen molar-refractivity contribution in [3.63, 3.8) is 0 Å². The molecule has 1 aliphatic heterocycles. The van der Waals surface area contributed by atoms with Crippen LogP contribution in [0.2, 0.25) is 0 Å². The van der Waals surface area contributed by atoms with Gasteiger partial charge in [-0.1, -0.05) is 15.9 Å². The number of hydrogen-bond acceptors (Lipinski definition) is 3. The normalized spacial score (nSPS) is 17.4. The van der Waals surface area contributed by atoms with Gasteiger partial charge in [-0.2, -0.15) is 13.2 Å². The first-order valence-corrected chi connectivity index (χ1v) is 8.04. The van der Waals surface area contributed by atoms with E-state index in [-0.39, 0.29) is 23.7 Å². The fraction of sp³-hybridized carbons (Fsp3) is 0.250. The summed E-state index contributed by atoms with van der Waals surface area (Å²) < 4.78 is 44.6. The number of furan rings is 1. The SMILES string of the molecule is CC1CN(C(=O)c2ccco2)c2cc(Br)ccc2N1C(=O)C(F)(F)F. The molecule has 0 aliphatic carbocycles. The molecular weight excluding hydrogens is 405 g/mol. The summed E-state index contributed by atoms with van der Waals surface area (Å²) >= 11 is 3.24. The van der Waals surface area contributed by atoms with Crippen molar-refractivity contribution in [2.45, 2.75) is 19.1 Å². The van der Waals surface area contributed by atoms with E-state index < -0.39 is 24.0 Å². The summed E-state index contributed by atoms with van der Waals surface area (Å²) in [7, 11) is 0. The molecule has 9 heteroatoms. The summed E-state index contributed by atoms with van der Waals surface area (Å²) in [5.41, 5.74) is 0.218. The van der Waals surface area contributed by atoms with Crippen LogP contribution in [0, 0.1) is 0 Å². The Bertz CT molecular complexity index is 821. The second-order valence-electron chi connectivity index (χ2n) is 5.55. The smallest absolute Gasteiger partial charge is 0.459 e. The first kappa shape index (κ1) is 17.5. The van der Waals surface area contributed by atoms with Crippen LogP contribution >= 0.6 is 15.9 Å². The second kappa shape index (κ2) is 6.21. The summed E-state index contributed by atoms with van der Waals surface area (Å²) in [5.74, 6) is -2.39. The number of rotatable bonds is 1. The van der Waals surface area contributed by atoms with Crippen molar-refractivity contribution >= 4 is 39.1 Å². The van der Waals surface area contributed by atoms with E-state index in [4.69, 9.17) is 4.42 Å². The second-order valence-corrected chi connectivity index (χ2v) is 6.46. The number of nitrogens with zero attached hydrogens (tertiary/aromatic N) is 2. The molecule has 1 aliphatic rings. The zero-order chi connectivity index (χ0) is 18.4. The van der Waals surface area contributed by atoms with Gasteiger partial charge in [-0.3, -0.25) is 14.5 Å². The molecule has 0 bridgehead atoms. The van der Waals surface area contributed by atoms with Crippen molar-refractivity contribution in [1.82, 2.24) is 0 Å². The Balaban J connectivity index is 2.09. The number of anilines is 2. The molecule has 0 saturated carbocycles. The molecule has 3 rings (SSSR count). The lowest BCUT2D eigenvalue weighted by Crippen LogP contribution is -2.55. The van der Waals surface area contributed by atoms with Crippen LogP contribution in [0.3, 0.4) is 0 Å². The highest BCUT2D eigenvalue weighted by atomic mass is 79.9. The molecule has 0 spiro atoms. The van der Waals surface area contributed by atoms with E-state index in [9.17, 15) is 22.8 Å². The monoisotopic (exact) mass is 416 g/mol. The summed E-state index contributed by atoms with van der Waals surface area (Å²) in [5, 5.41) is 0. The Labute approximate surface area is 149 Å². The van der Waals surface area contributed by atoms with E-state index in [1.165, 1.54) is 42.4 Å². The Hall–Kier alpha value is -2.29. The largest absolute Gasteiger partial charge is 0.471 e. The van der Waals surface area contributed by atoms with Crippen molar-refractivity contribution < 1.29 is 27.2 Å². The van der Waals surface area contributed by atoms with E-state index in [0.717, 1.165) is 0 Å². The number of benzene rings is 1. The summed E-state index contributed by atoms with van der Waals surface area (Å²) in [4.78, 5) is 26.5. The molecular formula is C16H12BrF3N2O3. The Morgan fingerprint density at radius 1 is 1.24 bits per heavy atom. The third kappa shape index (κ3) is 3.15. The molecule has 0 fully saturated rings. The minimum Gasteiger partial charge on any atom is -0.459 e. The van der Waals surface area contributed by atoms with Crippen LogP contribution in [0.1, 0.15) is 17.5 Å². The van der Waals surface area contributed by atoms with Gasteiger partial charge < -0.3 is 9.32 Å². The molecule has 0 radical (unpaired) electrons. The number of hydrogen-bond donors (Lipinski definition) is 0. The lowest BCUT2D eigenvalue weighted by molar-refractivity contribution is -0.170. The van der Waals surface area contributed by atoms with Crippen LogP contribution < -0.4 is 9.80 Å². The highest BCUT2D eigenvalue weighted by Gasteiger charge is 2.47. The van der Waals surface area contributed by atoms with Crippen LogP contribution in [0.15, 0.2) is 45.5 Å². The van der Waals surface area contributed by atoms with Gasteiger partial charge in [0.05, 0.1) is 23.7 Å². The molecule has 0 saturated heterocycles. The quantitative estimate of drug-likeness (QED) is 0.706. The Morgan fingerprint density at radius 2 is 1.96 bits per heavy atom. The number of halogens is 4. The van der Waals surface area contributed by atoms with Gasteiger partial charge >= 0.3 is 12.1 Å². The van der Waals surface area contributed by atoms with Crippen molar-refractivity contribution in [3.05, 3.63) is 46.8 Å². The summed E-state index contributed by atoms with van der Waals surface area (Å²) in [6, 6.07) is 6.55. The van der Waals surface area contributed by atoms with Gasteiger partial charge in [-0.15, -0.1) is 0 Å². The van der Waals surface area contributed by atoms with E-state index in [0.29, 0.717) is 9.37 Å². The van der Waals surface area contributed by atoms with E-state index in [1.807, 2.05) is 0 Å². The zero-order valence-electron chi connectivity index (χ0n) is 12.9. The third-order valence-electron chi connectivity index (χ3n) is 3.81. The lowest BCUT2D eigenvalue weighted by atomic mass is 10.1. The minimum atomic E-state index is -5.01. The highest BCUT2D eigenvalue weighted by Crippen LogP contribution is 2.40. The summed E-state index contributed by atoms with van der Waals surface area (Å²) in [6.45, 7) is 1.36. The number of alkyl halides is 3. The van der Waals surface area contributed by atoms with Crippen LogP contribution in [-0.2, 0) is 4.79 Å². The van der Waals surface area contributed by atoms with Crippen LogP contribution in [0.5, 0.6) is 0 Å². The van der Waals surface area contributed by atoms with Gasteiger partial charge in [0.1, 0.15) is 0 Å². The zero-order valence-corrected chi connectivity index (χ0v) is 14.5. The Kier molecular flexibility index (Phi) is 4.36. The average molecular weight is 417 g/mol. The molecule has 1 unspecified atom stereocenters. The number of amides is 2. The molecule has 1 aromatic carbocycles. The predicted molar refractivity (Wildman–Crippen MR) is 87.5 cm³/mol. The highest BCUT2D eigenvalue weighted by molar-refractivity contribution is 9.10. The van der Waals surface area contributed by atoms with Crippen molar-refractivity contribution in [2.75, 3.05) is 16.3 Å². The van der Waals surface area contributed by atoms with Crippen molar-refractivity contribution in [3.8, 4) is 0 Å². The van der Waals surface area contributed by atoms with Crippen LogP contribution in [0.25, 0.3) is 0 Å². The van der Waals surface area contributed by atoms with E-state index >= 15 is 0 Å². The van der Waals surface area contributed by atoms with E-state index in [2.05, 4.69) is 15.9 Å². The lowest BCUT2D eigenvalue weighted by Gasteiger charge is -2.41. The molecule has 0 N–H and O–H groups in total. The minimum absolute atomic E-state index is 0.0178. The topological polar surface area (TPSA) is 53.8 Å². The molecule has 5 nitrogen and oxygen atoms in total. The molecule has 1 aromatic heterocycles. The number of fused-ring (bicyclic) bond motifs is 1. The van der Waals surface area contributed by atoms with Crippen molar-refractivity contribution in [1.29, 1.82) is 0 Å². The maximum absolute atomic E-state index is 13.0. The first-order valence-electron chi connectivity index (χ1n) is 7.25. The van der Waals surface area contributed by atoms with Gasteiger partial charge in [-0.05, 0) is 37.3 Å². The van der Waals surface area contributed by atoms with Gasteiger partial charge in [0.25, 0.3) is 5.91 Å². The van der Waals surface area contributed by atoms with Gasteiger partial charge in [0, 0.05) is 11.0 Å². The fourth-order valence-corrected chi connectivity index (χ4v) is 3.12. The van der Waals surface area contributed by atoms with Gasteiger partial charge in [0.2, 0.25) is 0 Å². The molecule has 132 valence electrons. The molecule has 25 heavy (non-hydrogen) atoms. The van der Waals surface area contributed by atoms with Gasteiger partial charge in [0.15, 0.2) is 5.76 Å². The average Bonchev–Trinajstić information content (AvgIpc) is 3.06. The van der Waals surface area contributed by atoms with Crippen molar-refractivity contribution in [2.24, 2.45) is 0 Å². The number of carbonyl (C=O) groups is 2. The maximum Gasteiger partial charge on any atom is 0.471 e. The number of carbonyl (C=O) groups excluding carboxylic acids is 2. The third-order valence-corrected chi connectivity index (χ3v) is 4.31. The first-order chi connectivity index (χ1) is 11.7. The van der Waals surface area contributed by atoms with E-state index in [1.54, 1.807) is 6.07 Å². The van der Waals surface area contributed by atoms with Crippen LogP contribution in [0.4, 0.5) is 24.5 Å². The summed E-state index contributed by atoms with van der Waals surface area (Å²) in [6.07, 6.45) is -3.67. The standard InChI is InChI=1S/C16H12BrF3N2O3/c1-9-8-21(14(23)13-3-2-6-25-13)12-7-10(17)4-5-11(12)22(9)15(24)16(18,19)20/h2-7,9H,8H2,1H3. The molecule has 2 amide bonds. The van der Waals surface area contributed by atoms with Gasteiger partial charge in [-0.25, -0.2) is 0 Å². The fourth-order valence-electron chi connectivity index (χ4n) is 2.77. The van der Waals surface area contributed by atoms with Crippen LogP contribution in [-0.4, -0.2) is 30.6 Å².